The monoisotopic (exact) mass is 407 g/mol. The number of halogens is 1. The highest BCUT2D eigenvalue weighted by molar-refractivity contribution is 6.01. The molecule has 1 aliphatic heterocycles. The maximum atomic E-state index is 13.5. The van der Waals surface area contributed by atoms with Crippen LogP contribution < -0.4 is 5.73 Å². The normalized spacial score (nSPS) is 19.3. The van der Waals surface area contributed by atoms with E-state index < -0.39 is 5.54 Å². The van der Waals surface area contributed by atoms with Crippen LogP contribution in [-0.2, 0) is 16.8 Å². The van der Waals surface area contributed by atoms with E-state index in [1.54, 1.807) is 14.0 Å². The molecule has 1 amide bonds. The lowest BCUT2D eigenvalue weighted by molar-refractivity contribution is -0.128. The molecule has 3 aromatic rings. The van der Waals surface area contributed by atoms with Gasteiger partial charge in [-0.3, -0.25) is 14.5 Å². The van der Waals surface area contributed by atoms with Crippen LogP contribution in [0.25, 0.3) is 11.0 Å². The zero-order valence-electron chi connectivity index (χ0n) is 17.0. The van der Waals surface area contributed by atoms with Crippen LogP contribution in [0.15, 0.2) is 51.9 Å². The Balaban J connectivity index is 1.63. The number of amides is 1. The largest absolute Gasteiger partial charge is 0.453 e. The fraction of sp³-hybridized carbons (Fsp3) is 0.261. The molecule has 2 heterocycles. The molecular weight excluding hydrogens is 385 g/mol. The van der Waals surface area contributed by atoms with Gasteiger partial charge in [0, 0.05) is 24.4 Å². The molecule has 154 valence electrons. The van der Waals surface area contributed by atoms with E-state index in [1.165, 1.54) is 23.1 Å². The highest BCUT2D eigenvalue weighted by Crippen LogP contribution is 2.33. The summed E-state index contributed by atoms with van der Waals surface area (Å²) in [7, 11) is 1.59. The summed E-state index contributed by atoms with van der Waals surface area (Å²) in [5, 5.41) is 0.592. The summed E-state index contributed by atoms with van der Waals surface area (Å²) in [4.78, 5) is 31.0. The van der Waals surface area contributed by atoms with Crippen molar-refractivity contribution in [2.24, 2.45) is 10.7 Å². The SMILES string of the molecule is Cc1c(C(=O)Cc2cccc(C3(C)CC(=O)N(C)C(N)=N3)c2)oc2ccc(F)cc12. The number of fused-ring (bicyclic) bond motifs is 1. The molecule has 0 bridgehead atoms. The summed E-state index contributed by atoms with van der Waals surface area (Å²) in [5.41, 5.74) is 7.79. The van der Waals surface area contributed by atoms with Crippen molar-refractivity contribution in [3.05, 3.63) is 70.7 Å². The first-order valence-corrected chi connectivity index (χ1v) is 9.61. The molecule has 0 spiro atoms. The van der Waals surface area contributed by atoms with E-state index in [9.17, 15) is 14.0 Å². The number of aryl methyl sites for hydroxylation is 1. The number of carbonyl (C=O) groups is 2. The van der Waals surface area contributed by atoms with Gasteiger partial charge in [-0.25, -0.2) is 9.38 Å². The van der Waals surface area contributed by atoms with Crippen LogP contribution in [0.3, 0.4) is 0 Å². The first-order valence-electron chi connectivity index (χ1n) is 9.61. The van der Waals surface area contributed by atoms with Gasteiger partial charge in [-0.1, -0.05) is 24.3 Å². The summed E-state index contributed by atoms with van der Waals surface area (Å²) in [5.74, 6) is -0.298. The second-order valence-electron chi connectivity index (χ2n) is 7.87. The minimum Gasteiger partial charge on any atom is -0.453 e. The third kappa shape index (κ3) is 3.36. The molecule has 1 aliphatic rings. The molecule has 0 saturated heterocycles. The Bertz CT molecular complexity index is 1210. The Morgan fingerprint density at radius 3 is 2.80 bits per heavy atom. The summed E-state index contributed by atoms with van der Waals surface area (Å²) in [6.45, 7) is 3.60. The molecule has 7 heteroatoms. The van der Waals surface area contributed by atoms with Crippen LogP contribution >= 0.6 is 0 Å². The first-order chi connectivity index (χ1) is 14.2. The highest BCUT2D eigenvalue weighted by Gasteiger charge is 2.36. The van der Waals surface area contributed by atoms with E-state index in [-0.39, 0.29) is 42.1 Å². The number of nitrogens with two attached hydrogens (primary N) is 1. The van der Waals surface area contributed by atoms with Crippen LogP contribution in [0.4, 0.5) is 4.39 Å². The van der Waals surface area contributed by atoms with Crippen molar-refractivity contribution in [2.75, 3.05) is 7.05 Å². The van der Waals surface area contributed by atoms with Crippen LogP contribution in [0.2, 0.25) is 0 Å². The Hall–Kier alpha value is -3.48. The fourth-order valence-corrected chi connectivity index (χ4v) is 3.82. The predicted molar refractivity (Wildman–Crippen MR) is 112 cm³/mol. The molecule has 1 atom stereocenters. The zero-order chi connectivity index (χ0) is 21.6. The van der Waals surface area contributed by atoms with Gasteiger partial charge in [0.05, 0.1) is 12.0 Å². The third-order valence-corrected chi connectivity index (χ3v) is 5.64. The Morgan fingerprint density at radius 1 is 1.30 bits per heavy atom. The number of carbonyl (C=O) groups excluding carboxylic acids is 2. The minimum absolute atomic E-state index is 0.111. The summed E-state index contributed by atoms with van der Waals surface area (Å²) in [6.07, 6.45) is 0.302. The van der Waals surface area contributed by atoms with Gasteiger partial charge in [0.1, 0.15) is 11.4 Å². The third-order valence-electron chi connectivity index (χ3n) is 5.64. The van der Waals surface area contributed by atoms with Crippen molar-refractivity contribution >= 4 is 28.6 Å². The van der Waals surface area contributed by atoms with Crippen molar-refractivity contribution in [2.45, 2.75) is 32.2 Å². The lowest BCUT2D eigenvalue weighted by Gasteiger charge is -2.33. The van der Waals surface area contributed by atoms with Crippen molar-refractivity contribution in [1.82, 2.24) is 4.90 Å². The Labute approximate surface area is 173 Å². The standard InChI is InChI=1S/C23H22FN3O3/c1-13-17-11-16(24)7-8-19(17)30-21(13)18(28)10-14-5-4-6-15(9-14)23(2)12-20(29)27(3)22(25)26-23/h4-9,11H,10,12H2,1-3H3,(H2,25,26). The number of aliphatic imine (C=N–C) groups is 1. The van der Waals surface area contributed by atoms with Gasteiger partial charge in [-0.2, -0.15) is 0 Å². The number of ketones is 1. The number of hydrogen-bond donors (Lipinski definition) is 1. The van der Waals surface area contributed by atoms with E-state index in [1.807, 2.05) is 31.2 Å². The number of benzene rings is 2. The first kappa shape index (κ1) is 19.8. The maximum Gasteiger partial charge on any atom is 0.231 e. The highest BCUT2D eigenvalue weighted by atomic mass is 19.1. The molecule has 1 unspecified atom stereocenters. The van der Waals surface area contributed by atoms with Gasteiger partial charge in [0.25, 0.3) is 0 Å². The van der Waals surface area contributed by atoms with Crippen molar-refractivity contribution in [1.29, 1.82) is 0 Å². The van der Waals surface area contributed by atoms with Gasteiger partial charge in [-0.15, -0.1) is 0 Å². The molecule has 30 heavy (non-hydrogen) atoms. The van der Waals surface area contributed by atoms with E-state index in [4.69, 9.17) is 10.2 Å². The molecule has 2 N–H and O–H groups in total. The molecule has 4 rings (SSSR count). The average Bonchev–Trinajstić information content (AvgIpc) is 3.02. The van der Waals surface area contributed by atoms with Crippen LogP contribution in [0.1, 0.15) is 40.6 Å². The van der Waals surface area contributed by atoms with Crippen LogP contribution in [0.5, 0.6) is 0 Å². The fourth-order valence-electron chi connectivity index (χ4n) is 3.82. The van der Waals surface area contributed by atoms with Gasteiger partial charge in [0.15, 0.2) is 11.7 Å². The molecular formula is C23H22FN3O3. The quantitative estimate of drug-likeness (QED) is 0.668. The number of furan rings is 1. The van der Waals surface area contributed by atoms with Gasteiger partial charge in [-0.05, 0) is 43.2 Å². The lowest BCUT2D eigenvalue weighted by Crippen LogP contribution is -2.47. The minimum atomic E-state index is -0.792. The van der Waals surface area contributed by atoms with Crippen molar-refractivity contribution in [3.63, 3.8) is 0 Å². The van der Waals surface area contributed by atoms with Crippen LogP contribution in [0, 0.1) is 12.7 Å². The second-order valence-corrected chi connectivity index (χ2v) is 7.87. The number of hydrogen-bond acceptors (Lipinski definition) is 5. The summed E-state index contributed by atoms with van der Waals surface area (Å²) >= 11 is 0. The number of Topliss-reactive ketones (excluding diaryl/α,β-unsaturated/α-hetero) is 1. The maximum absolute atomic E-state index is 13.5. The summed E-state index contributed by atoms with van der Waals surface area (Å²) in [6, 6.07) is 11.6. The molecule has 0 radical (unpaired) electrons. The van der Waals surface area contributed by atoms with Crippen LogP contribution in [-0.4, -0.2) is 29.6 Å². The smallest absolute Gasteiger partial charge is 0.231 e. The molecule has 1 aromatic heterocycles. The van der Waals surface area contributed by atoms with Gasteiger partial charge in [0.2, 0.25) is 11.7 Å². The van der Waals surface area contributed by atoms with Gasteiger partial charge < -0.3 is 10.2 Å². The number of nitrogens with zero attached hydrogens (tertiary/aromatic N) is 2. The second kappa shape index (κ2) is 7.09. The van der Waals surface area contributed by atoms with E-state index >= 15 is 0 Å². The molecule has 0 fully saturated rings. The Morgan fingerprint density at radius 2 is 2.07 bits per heavy atom. The molecule has 0 saturated carbocycles. The zero-order valence-corrected chi connectivity index (χ0v) is 17.0. The number of guanidine groups is 1. The average molecular weight is 407 g/mol. The lowest BCUT2D eigenvalue weighted by atomic mass is 9.86. The number of rotatable bonds is 4. The van der Waals surface area contributed by atoms with E-state index in [0.717, 1.165) is 11.1 Å². The Kier molecular flexibility index (Phi) is 4.68. The summed E-state index contributed by atoms with van der Waals surface area (Å²) < 4.78 is 19.2. The van der Waals surface area contributed by atoms with Crippen molar-refractivity contribution < 1.29 is 18.4 Å². The van der Waals surface area contributed by atoms with E-state index in [2.05, 4.69) is 4.99 Å². The molecule has 6 nitrogen and oxygen atoms in total. The topological polar surface area (TPSA) is 88.9 Å². The molecule has 0 aliphatic carbocycles. The molecule has 2 aromatic carbocycles. The van der Waals surface area contributed by atoms with E-state index in [0.29, 0.717) is 16.5 Å². The van der Waals surface area contributed by atoms with Gasteiger partial charge >= 0.3 is 0 Å². The predicted octanol–water partition coefficient (Wildman–Crippen LogP) is 3.70. The van der Waals surface area contributed by atoms with Crippen molar-refractivity contribution in [3.8, 4) is 0 Å².